The third-order valence-electron chi connectivity index (χ3n) is 6.01. The highest BCUT2D eigenvalue weighted by Gasteiger charge is 2.40. The molecule has 3 heterocycles. The standard InChI is InChI=1S/C17H32N4O2/c1-17(4-6-19(2)7-5-17)16(22)18-14-12-23-13-15(14)21-10-8-20(3)9-11-21/h14-15H,4-13H2,1-3H3,(H,18,22)/t14-,15-/m0/s1. The van der Waals surface area contributed by atoms with Crippen LogP contribution in [0, 0.1) is 5.41 Å². The number of hydrogen-bond acceptors (Lipinski definition) is 5. The van der Waals surface area contributed by atoms with Crippen molar-refractivity contribution in [2.75, 3.05) is 66.6 Å². The quantitative estimate of drug-likeness (QED) is 0.782. The lowest BCUT2D eigenvalue weighted by Gasteiger charge is -2.40. The van der Waals surface area contributed by atoms with Crippen LogP contribution in [0.1, 0.15) is 19.8 Å². The molecule has 0 bridgehead atoms. The second kappa shape index (κ2) is 7.05. The van der Waals surface area contributed by atoms with E-state index in [9.17, 15) is 4.79 Å². The molecule has 6 heteroatoms. The number of hydrogen-bond donors (Lipinski definition) is 1. The van der Waals surface area contributed by atoms with Crippen molar-refractivity contribution in [3.05, 3.63) is 0 Å². The van der Waals surface area contributed by atoms with Gasteiger partial charge in [0.15, 0.2) is 0 Å². The van der Waals surface area contributed by atoms with Crippen LogP contribution in [0.3, 0.4) is 0 Å². The Bertz CT molecular complexity index is 415. The molecule has 3 rings (SSSR count). The second-order valence-electron chi connectivity index (χ2n) is 7.89. The summed E-state index contributed by atoms with van der Waals surface area (Å²) in [5.74, 6) is 0.222. The monoisotopic (exact) mass is 324 g/mol. The maximum absolute atomic E-state index is 12.9. The molecule has 6 nitrogen and oxygen atoms in total. The summed E-state index contributed by atoms with van der Waals surface area (Å²) in [5, 5.41) is 3.32. The average Bonchev–Trinajstić information content (AvgIpc) is 2.99. The molecule has 3 aliphatic heterocycles. The molecule has 3 saturated heterocycles. The number of piperazine rings is 1. The molecule has 1 N–H and O–H groups in total. The number of amides is 1. The van der Waals surface area contributed by atoms with Gasteiger partial charge in [-0.15, -0.1) is 0 Å². The van der Waals surface area contributed by atoms with E-state index in [4.69, 9.17) is 4.74 Å². The average molecular weight is 324 g/mol. The minimum Gasteiger partial charge on any atom is -0.378 e. The first-order valence-corrected chi connectivity index (χ1v) is 8.98. The highest BCUT2D eigenvalue weighted by atomic mass is 16.5. The minimum atomic E-state index is -0.220. The summed E-state index contributed by atoms with van der Waals surface area (Å²) >= 11 is 0. The number of likely N-dealkylation sites (N-methyl/N-ethyl adjacent to an activating group) is 1. The molecule has 0 radical (unpaired) electrons. The fourth-order valence-corrected chi connectivity index (χ4v) is 3.88. The zero-order chi connectivity index (χ0) is 16.4. The summed E-state index contributed by atoms with van der Waals surface area (Å²) in [4.78, 5) is 20.0. The first-order chi connectivity index (χ1) is 11.0. The fourth-order valence-electron chi connectivity index (χ4n) is 3.88. The van der Waals surface area contributed by atoms with Crippen molar-refractivity contribution < 1.29 is 9.53 Å². The van der Waals surface area contributed by atoms with Crippen LogP contribution in [0.25, 0.3) is 0 Å². The molecule has 3 fully saturated rings. The van der Waals surface area contributed by atoms with E-state index in [2.05, 4.69) is 41.0 Å². The molecule has 0 aromatic rings. The second-order valence-corrected chi connectivity index (χ2v) is 7.89. The Hall–Kier alpha value is -0.690. The largest absolute Gasteiger partial charge is 0.378 e. The van der Waals surface area contributed by atoms with Crippen molar-refractivity contribution >= 4 is 5.91 Å². The van der Waals surface area contributed by atoms with Gasteiger partial charge in [-0.3, -0.25) is 9.69 Å². The number of nitrogens with zero attached hydrogens (tertiary/aromatic N) is 3. The van der Waals surface area contributed by atoms with E-state index in [1.807, 2.05) is 0 Å². The summed E-state index contributed by atoms with van der Waals surface area (Å²) in [6.45, 7) is 9.86. The molecule has 0 spiro atoms. The molecule has 0 saturated carbocycles. The van der Waals surface area contributed by atoms with Crippen molar-refractivity contribution in [1.29, 1.82) is 0 Å². The van der Waals surface area contributed by atoms with Gasteiger partial charge in [0.1, 0.15) is 0 Å². The number of carbonyl (C=O) groups excluding carboxylic acids is 1. The van der Waals surface area contributed by atoms with E-state index < -0.39 is 0 Å². The highest BCUT2D eigenvalue weighted by molar-refractivity contribution is 5.82. The third-order valence-corrected chi connectivity index (χ3v) is 6.01. The number of ether oxygens (including phenoxy) is 1. The number of likely N-dealkylation sites (tertiary alicyclic amines) is 1. The van der Waals surface area contributed by atoms with Crippen LogP contribution in [-0.2, 0) is 9.53 Å². The van der Waals surface area contributed by atoms with Gasteiger partial charge in [0, 0.05) is 31.6 Å². The molecule has 3 aliphatic rings. The van der Waals surface area contributed by atoms with Gasteiger partial charge in [0.2, 0.25) is 5.91 Å². The Labute approximate surface area is 140 Å². The first-order valence-electron chi connectivity index (χ1n) is 8.98. The number of carbonyl (C=O) groups is 1. The van der Waals surface area contributed by atoms with Crippen LogP contribution in [0.15, 0.2) is 0 Å². The zero-order valence-electron chi connectivity index (χ0n) is 14.9. The lowest BCUT2D eigenvalue weighted by Crippen LogP contribution is -2.58. The van der Waals surface area contributed by atoms with Gasteiger partial charge in [-0.2, -0.15) is 0 Å². The van der Waals surface area contributed by atoms with Gasteiger partial charge < -0.3 is 19.9 Å². The molecular weight excluding hydrogens is 292 g/mol. The zero-order valence-corrected chi connectivity index (χ0v) is 14.9. The molecule has 0 unspecified atom stereocenters. The first kappa shape index (κ1) is 17.1. The van der Waals surface area contributed by atoms with E-state index in [0.717, 1.165) is 58.7 Å². The number of rotatable bonds is 3. The fraction of sp³-hybridized carbons (Fsp3) is 0.941. The summed E-state index contributed by atoms with van der Waals surface area (Å²) < 4.78 is 5.71. The summed E-state index contributed by atoms with van der Waals surface area (Å²) in [5.41, 5.74) is -0.220. The van der Waals surface area contributed by atoms with Gasteiger partial charge in [0.25, 0.3) is 0 Å². The maximum Gasteiger partial charge on any atom is 0.226 e. The van der Waals surface area contributed by atoms with Crippen molar-refractivity contribution in [3.8, 4) is 0 Å². The Balaban J connectivity index is 1.57. The normalized spacial score (nSPS) is 33.7. The van der Waals surface area contributed by atoms with Crippen LogP contribution in [-0.4, -0.2) is 99.3 Å². The summed E-state index contributed by atoms with van der Waals surface area (Å²) in [7, 11) is 4.30. The Morgan fingerprint density at radius 3 is 2.26 bits per heavy atom. The molecule has 1 amide bonds. The van der Waals surface area contributed by atoms with Crippen LogP contribution in [0.4, 0.5) is 0 Å². The lowest BCUT2D eigenvalue weighted by molar-refractivity contribution is -0.133. The van der Waals surface area contributed by atoms with E-state index >= 15 is 0 Å². The Morgan fingerprint density at radius 1 is 1.00 bits per heavy atom. The van der Waals surface area contributed by atoms with E-state index in [1.165, 1.54) is 0 Å². The van der Waals surface area contributed by atoms with Crippen molar-refractivity contribution in [1.82, 2.24) is 20.0 Å². The molecular formula is C17H32N4O2. The van der Waals surface area contributed by atoms with Crippen molar-refractivity contribution in [2.24, 2.45) is 5.41 Å². The third kappa shape index (κ3) is 3.87. The van der Waals surface area contributed by atoms with Gasteiger partial charge in [0.05, 0.1) is 25.3 Å². The topological polar surface area (TPSA) is 48.1 Å². The van der Waals surface area contributed by atoms with E-state index in [-0.39, 0.29) is 17.4 Å². The van der Waals surface area contributed by atoms with Gasteiger partial charge >= 0.3 is 0 Å². The van der Waals surface area contributed by atoms with Crippen molar-refractivity contribution in [3.63, 3.8) is 0 Å². The molecule has 0 aromatic carbocycles. The number of piperidine rings is 1. The predicted octanol–water partition coefficient (Wildman–Crippen LogP) is -0.151. The predicted molar refractivity (Wildman–Crippen MR) is 90.4 cm³/mol. The smallest absolute Gasteiger partial charge is 0.226 e. The Kier molecular flexibility index (Phi) is 5.26. The van der Waals surface area contributed by atoms with Crippen LogP contribution in [0.2, 0.25) is 0 Å². The van der Waals surface area contributed by atoms with Crippen LogP contribution in [0.5, 0.6) is 0 Å². The molecule has 2 atom stereocenters. The van der Waals surface area contributed by atoms with Gasteiger partial charge in [-0.25, -0.2) is 0 Å². The maximum atomic E-state index is 12.9. The minimum absolute atomic E-state index is 0.141. The highest BCUT2D eigenvalue weighted by Crippen LogP contribution is 2.31. The lowest BCUT2D eigenvalue weighted by atomic mass is 9.79. The number of nitrogens with one attached hydrogen (secondary N) is 1. The van der Waals surface area contributed by atoms with E-state index in [1.54, 1.807) is 0 Å². The summed E-state index contributed by atoms with van der Waals surface area (Å²) in [6, 6.07) is 0.477. The molecule has 23 heavy (non-hydrogen) atoms. The van der Waals surface area contributed by atoms with E-state index in [0.29, 0.717) is 12.6 Å². The van der Waals surface area contributed by atoms with Crippen LogP contribution >= 0.6 is 0 Å². The molecule has 0 aliphatic carbocycles. The molecule has 132 valence electrons. The van der Waals surface area contributed by atoms with Crippen LogP contribution < -0.4 is 5.32 Å². The van der Waals surface area contributed by atoms with Crippen molar-refractivity contribution in [2.45, 2.75) is 31.8 Å². The van der Waals surface area contributed by atoms with Gasteiger partial charge in [-0.05, 0) is 40.0 Å². The van der Waals surface area contributed by atoms with Gasteiger partial charge in [-0.1, -0.05) is 6.92 Å². The Morgan fingerprint density at radius 2 is 1.61 bits per heavy atom. The summed E-state index contributed by atoms with van der Waals surface area (Å²) in [6.07, 6.45) is 1.89. The SMILES string of the molecule is CN1CCN([C@H]2COC[C@@H]2NC(=O)C2(C)CCN(C)CC2)CC1. The molecule has 0 aromatic heterocycles.